The summed E-state index contributed by atoms with van der Waals surface area (Å²) in [7, 11) is 0. The number of rotatable bonds is 5. The number of benzene rings is 1. The van der Waals surface area contributed by atoms with E-state index in [2.05, 4.69) is 5.32 Å². The maximum atomic E-state index is 14.5. The molecule has 2 rings (SSSR count). The molecule has 26 heavy (non-hydrogen) atoms. The maximum absolute atomic E-state index is 14.5. The standard InChI is InChI=1S/C16H19F7N2O/c17-12-9-10(15(18,19)20)8-11(16(21,22)23)14(12)13(2-1-7-26)25-5-3-24-4-6-25/h8-9,13,24,26H,1-7H2/t13-/m1/s1. The number of nitrogens with one attached hydrogen (secondary N) is 1. The highest BCUT2D eigenvalue weighted by Crippen LogP contribution is 2.42. The predicted octanol–water partition coefficient (Wildman–Crippen LogP) is 3.58. The summed E-state index contributed by atoms with van der Waals surface area (Å²) in [5, 5.41) is 12.0. The summed E-state index contributed by atoms with van der Waals surface area (Å²) in [4.78, 5) is 1.60. The van der Waals surface area contributed by atoms with E-state index < -0.39 is 40.9 Å². The molecule has 148 valence electrons. The van der Waals surface area contributed by atoms with Crippen LogP contribution in [0.2, 0.25) is 0 Å². The highest BCUT2D eigenvalue weighted by Gasteiger charge is 2.42. The van der Waals surface area contributed by atoms with Crippen molar-refractivity contribution >= 4 is 0 Å². The lowest BCUT2D eigenvalue weighted by molar-refractivity contribution is -0.144. The van der Waals surface area contributed by atoms with Crippen LogP contribution in [-0.4, -0.2) is 42.8 Å². The summed E-state index contributed by atoms with van der Waals surface area (Å²) < 4.78 is 93.3. The van der Waals surface area contributed by atoms with Gasteiger partial charge in [-0.25, -0.2) is 4.39 Å². The van der Waals surface area contributed by atoms with Gasteiger partial charge in [0.1, 0.15) is 5.82 Å². The van der Waals surface area contributed by atoms with Crippen LogP contribution < -0.4 is 5.32 Å². The lowest BCUT2D eigenvalue weighted by atomic mass is 9.92. The summed E-state index contributed by atoms with van der Waals surface area (Å²) in [5.74, 6) is -1.53. The van der Waals surface area contributed by atoms with Crippen LogP contribution in [0.4, 0.5) is 30.7 Å². The first-order chi connectivity index (χ1) is 12.1. The molecule has 0 bridgehead atoms. The summed E-state index contributed by atoms with van der Waals surface area (Å²) in [6, 6.07) is -0.992. The van der Waals surface area contributed by atoms with Crippen molar-refractivity contribution in [3.8, 4) is 0 Å². The third kappa shape index (κ3) is 4.86. The van der Waals surface area contributed by atoms with Gasteiger partial charge >= 0.3 is 12.4 Å². The number of nitrogens with zero attached hydrogens (tertiary/aromatic N) is 1. The van der Waals surface area contributed by atoms with E-state index in [1.807, 2.05) is 0 Å². The minimum absolute atomic E-state index is 0.00185. The molecule has 0 aliphatic carbocycles. The molecule has 0 radical (unpaired) electrons. The molecule has 0 aromatic heterocycles. The molecule has 0 unspecified atom stereocenters. The van der Waals surface area contributed by atoms with E-state index in [1.54, 1.807) is 4.90 Å². The van der Waals surface area contributed by atoms with E-state index in [0.717, 1.165) is 0 Å². The Kier molecular flexibility index (Phi) is 6.51. The molecule has 0 amide bonds. The molecular formula is C16H19F7N2O. The van der Waals surface area contributed by atoms with Crippen molar-refractivity contribution < 1.29 is 35.8 Å². The molecule has 10 heteroatoms. The Morgan fingerprint density at radius 2 is 1.65 bits per heavy atom. The van der Waals surface area contributed by atoms with Gasteiger partial charge in [0.25, 0.3) is 0 Å². The van der Waals surface area contributed by atoms with Gasteiger partial charge in [-0.15, -0.1) is 0 Å². The van der Waals surface area contributed by atoms with Crippen LogP contribution in [0.3, 0.4) is 0 Å². The zero-order valence-corrected chi connectivity index (χ0v) is 13.7. The highest BCUT2D eigenvalue weighted by molar-refractivity contribution is 5.39. The van der Waals surface area contributed by atoms with Crippen molar-refractivity contribution in [3.63, 3.8) is 0 Å². The van der Waals surface area contributed by atoms with Gasteiger partial charge in [0.2, 0.25) is 0 Å². The molecule has 3 nitrogen and oxygen atoms in total. The molecule has 1 aromatic rings. The first kappa shape index (κ1) is 20.9. The normalized spacial score (nSPS) is 18.2. The number of hydrogen-bond donors (Lipinski definition) is 2. The molecule has 1 saturated heterocycles. The van der Waals surface area contributed by atoms with Gasteiger partial charge in [0, 0.05) is 44.4 Å². The Balaban J connectivity index is 2.58. The summed E-state index contributed by atoms with van der Waals surface area (Å²) in [6.07, 6.45) is -10.1. The van der Waals surface area contributed by atoms with Gasteiger partial charge < -0.3 is 10.4 Å². The van der Waals surface area contributed by atoms with Gasteiger partial charge in [-0.1, -0.05) is 0 Å². The fourth-order valence-corrected chi connectivity index (χ4v) is 3.14. The number of hydrogen-bond acceptors (Lipinski definition) is 3. The first-order valence-corrected chi connectivity index (χ1v) is 8.09. The molecule has 1 aliphatic heterocycles. The average molecular weight is 388 g/mol. The molecule has 1 fully saturated rings. The Labute approximate surface area is 145 Å². The molecule has 0 spiro atoms. The minimum atomic E-state index is -5.14. The molecule has 1 atom stereocenters. The number of alkyl halides is 6. The zero-order chi connectivity index (χ0) is 19.5. The smallest absolute Gasteiger partial charge is 0.396 e. The van der Waals surface area contributed by atoms with E-state index in [0.29, 0.717) is 26.2 Å². The van der Waals surface area contributed by atoms with Crippen molar-refractivity contribution in [1.29, 1.82) is 0 Å². The summed E-state index contributed by atoms with van der Waals surface area (Å²) in [5.41, 5.74) is -4.08. The number of piperazine rings is 1. The van der Waals surface area contributed by atoms with E-state index >= 15 is 0 Å². The second kappa shape index (κ2) is 8.10. The van der Waals surface area contributed by atoms with Gasteiger partial charge in [0.05, 0.1) is 11.1 Å². The average Bonchev–Trinajstić information content (AvgIpc) is 2.55. The lowest BCUT2D eigenvalue weighted by Gasteiger charge is -2.36. The number of aliphatic hydroxyl groups is 1. The maximum Gasteiger partial charge on any atom is 0.416 e. The van der Waals surface area contributed by atoms with Crippen LogP contribution in [0.1, 0.15) is 35.6 Å². The Hall–Kier alpha value is -1.39. The van der Waals surface area contributed by atoms with Crippen LogP contribution in [-0.2, 0) is 12.4 Å². The SMILES string of the molecule is OCCC[C@H](c1c(F)cc(C(F)(F)F)cc1C(F)(F)F)N1CCNCC1. The first-order valence-electron chi connectivity index (χ1n) is 8.09. The van der Waals surface area contributed by atoms with Gasteiger partial charge in [-0.3, -0.25) is 4.90 Å². The summed E-state index contributed by atoms with van der Waals surface area (Å²) in [6.45, 7) is 1.28. The van der Waals surface area contributed by atoms with Gasteiger partial charge in [0.15, 0.2) is 0 Å². The van der Waals surface area contributed by atoms with E-state index in [9.17, 15) is 30.7 Å². The third-order valence-corrected chi connectivity index (χ3v) is 4.32. The third-order valence-electron chi connectivity index (χ3n) is 4.32. The number of halogens is 7. The van der Waals surface area contributed by atoms with Crippen LogP contribution >= 0.6 is 0 Å². The van der Waals surface area contributed by atoms with Crippen molar-refractivity contribution in [2.75, 3.05) is 32.8 Å². The molecule has 1 heterocycles. The molecule has 1 aliphatic rings. The van der Waals surface area contributed by atoms with Gasteiger partial charge in [-0.2, -0.15) is 26.3 Å². The number of aliphatic hydroxyl groups excluding tert-OH is 1. The monoisotopic (exact) mass is 388 g/mol. The van der Waals surface area contributed by atoms with Crippen molar-refractivity contribution in [2.24, 2.45) is 0 Å². The topological polar surface area (TPSA) is 35.5 Å². The quantitative estimate of drug-likeness (QED) is 0.757. The van der Waals surface area contributed by atoms with Gasteiger partial charge in [-0.05, 0) is 25.0 Å². The fourth-order valence-electron chi connectivity index (χ4n) is 3.14. The molecule has 1 aromatic carbocycles. The second-order valence-corrected chi connectivity index (χ2v) is 6.08. The van der Waals surface area contributed by atoms with Crippen LogP contribution in [0.5, 0.6) is 0 Å². The van der Waals surface area contributed by atoms with Crippen LogP contribution in [0.15, 0.2) is 12.1 Å². The molecule has 0 saturated carbocycles. The minimum Gasteiger partial charge on any atom is -0.396 e. The van der Waals surface area contributed by atoms with E-state index in [-0.39, 0.29) is 31.6 Å². The Morgan fingerprint density at radius 3 is 2.15 bits per heavy atom. The van der Waals surface area contributed by atoms with Crippen molar-refractivity contribution in [1.82, 2.24) is 10.2 Å². The highest BCUT2D eigenvalue weighted by atomic mass is 19.4. The fraction of sp³-hybridized carbons (Fsp3) is 0.625. The van der Waals surface area contributed by atoms with E-state index in [1.165, 1.54) is 0 Å². The van der Waals surface area contributed by atoms with E-state index in [4.69, 9.17) is 5.11 Å². The largest absolute Gasteiger partial charge is 0.416 e. The lowest BCUT2D eigenvalue weighted by Crippen LogP contribution is -2.45. The Bertz CT molecular complexity index is 610. The Morgan fingerprint density at radius 1 is 1.04 bits per heavy atom. The zero-order valence-electron chi connectivity index (χ0n) is 13.7. The predicted molar refractivity (Wildman–Crippen MR) is 79.9 cm³/mol. The van der Waals surface area contributed by atoms with Crippen molar-refractivity contribution in [2.45, 2.75) is 31.2 Å². The summed E-state index contributed by atoms with van der Waals surface area (Å²) >= 11 is 0. The molecular weight excluding hydrogens is 369 g/mol. The molecule has 2 N–H and O–H groups in total. The second-order valence-electron chi connectivity index (χ2n) is 6.08. The van der Waals surface area contributed by atoms with Crippen LogP contribution in [0, 0.1) is 5.82 Å². The van der Waals surface area contributed by atoms with Crippen molar-refractivity contribution in [3.05, 3.63) is 34.6 Å². The van der Waals surface area contributed by atoms with Crippen LogP contribution in [0.25, 0.3) is 0 Å².